The number of nitrogens with zero attached hydrogens (tertiary/aromatic N) is 2. The van der Waals surface area contributed by atoms with E-state index in [9.17, 15) is 9.59 Å². The molecule has 4 rings (SSSR count). The van der Waals surface area contributed by atoms with Crippen LogP contribution in [0, 0.1) is 11.8 Å². The van der Waals surface area contributed by atoms with Gasteiger partial charge in [-0.2, -0.15) is 0 Å². The largest absolute Gasteiger partial charge is 0.490 e. The highest BCUT2D eigenvalue weighted by molar-refractivity contribution is 5.99. The molecular formula is C31H38N2O5. The molecule has 38 heavy (non-hydrogen) atoms. The lowest BCUT2D eigenvalue weighted by Crippen LogP contribution is -2.30. The standard InChI is InChI=1S/C31H38N2O5/c1-3-36-31(35)28(20-30(34)33-21-26-11-7-8-12-27(26)22-33)19-24-13-15-29(16-14-24)37-17-18-38-32-23(2)25-9-5-4-6-10-25/h4-6,9-10,13-16,19,26-27H,3,7-8,11-12,17-18,20-22H2,1-2H3/b28-19+,32-23?/t26-,27+. The van der Waals surface area contributed by atoms with Crippen molar-refractivity contribution in [2.45, 2.75) is 46.0 Å². The van der Waals surface area contributed by atoms with Crippen LogP contribution < -0.4 is 4.74 Å². The first-order chi connectivity index (χ1) is 18.5. The van der Waals surface area contributed by atoms with Gasteiger partial charge in [-0.05, 0) is 67.9 Å². The zero-order valence-corrected chi connectivity index (χ0v) is 22.4. The second-order valence-electron chi connectivity index (χ2n) is 9.96. The number of hydrogen-bond acceptors (Lipinski definition) is 6. The van der Waals surface area contributed by atoms with E-state index >= 15 is 0 Å². The summed E-state index contributed by atoms with van der Waals surface area (Å²) in [4.78, 5) is 33.0. The Morgan fingerprint density at radius 2 is 1.66 bits per heavy atom. The highest BCUT2D eigenvalue weighted by atomic mass is 16.6. The first kappa shape index (κ1) is 27.4. The van der Waals surface area contributed by atoms with Gasteiger partial charge in [-0.15, -0.1) is 0 Å². The van der Waals surface area contributed by atoms with Gasteiger partial charge in [0.25, 0.3) is 0 Å². The molecule has 1 saturated heterocycles. The van der Waals surface area contributed by atoms with Crippen LogP contribution in [0.4, 0.5) is 0 Å². The lowest BCUT2D eigenvalue weighted by Gasteiger charge is -2.22. The van der Waals surface area contributed by atoms with Crippen molar-refractivity contribution in [3.8, 4) is 5.75 Å². The van der Waals surface area contributed by atoms with E-state index in [0.717, 1.165) is 29.9 Å². The Morgan fingerprint density at radius 3 is 2.32 bits per heavy atom. The first-order valence-electron chi connectivity index (χ1n) is 13.6. The van der Waals surface area contributed by atoms with Crippen molar-refractivity contribution < 1.29 is 23.9 Å². The van der Waals surface area contributed by atoms with Gasteiger partial charge in [-0.1, -0.05) is 60.5 Å². The second-order valence-corrected chi connectivity index (χ2v) is 9.96. The molecule has 0 bridgehead atoms. The highest BCUT2D eigenvalue weighted by Crippen LogP contribution is 2.36. The number of fused-ring (bicyclic) bond motifs is 1. The molecule has 2 aromatic carbocycles. The minimum atomic E-state index is -0.443. The third kappa shape index (κ3) is 7.70. The molecule has 0 N–H and O–H groups in total. The summed E-state index contributed by atoms with van der Waals surface area (Å²) in [6.07, 6.45) is 6.72. The van der Waals surface area contributed by atoms with Gasteiger partial charge in [-0.3, -0.25) is 4.79 Å². The van der Waals surface area contributed by atoms with E-state index in [-0.39, 0.29) is 18.9 Å². The summed E-state index contributed by atoms with van der Waals surface area (Å²) < 4.78 is 11.0. The van der Waals surface area contributed by atoms with Crippen LogP contribution in [0.25, 0.3) is 6.08 Å². The molecule has 0 spiro atoms. The van der Waals surface area contributed by atoms with E-state index in [0.29, 0.717) is 36.4 Å². The van der Waals surface area contributed by atoms with Crippen molar-refractivity contribution in [2.24, 2.45) is 17.0 Å². The molecule has 0 aromatic heterocycles. The number of benzene rings is 2. The van der Waals surface area contributed by atoms with Crippen molar-refractivity contribution >= 4 is 23.7 Å². The zero-order chi connectivity index (χ0) is 26.7. The van der Waals surface area contributed by atoms with Crippen LogP contribution in [0.5, 0.6) is 5.75 Å². The lowest BCUT2D eigenvalue weighted by molar-refractivity contribution is -0.140. The molecule has 0 unspecified atom stereocenters. The van der Waals surface area contributed by atoms with Crippen LogP contribution in [-0.2, 0) is 19.2 Å². The lowest BCUT2D eigenvalue weighted by atomic mass is 9.82. The number of ether oxygens (including phenoxy) is 2. The molecule has 1 aliphatic heterocycles. The van der Waals surface area contributed by atoms with E-state index < -0.39 is 5.97 Å². The average molecular weight is 519 g/mol. The molecule has 1 amide bonds. The summed E-state index contributed by atoms with van der Waals surface area (Å²) in [6, 6.07) is 17.2. The predicted molar refractivity (Wildman–Crippen MR) is 148 cm³/mol. The van der Waals surface area contributed by atoms with E-state index in [4.69, 9.17) is 14.3 Å². The summed E-state index contributed by atoms with van der Waals surface area (Å²) in [5, 5.41) is 4.13. The third-order valence-electron chi connectivity index (χ3n) is 7.27. The number of carbonyl (C=O) groups excluding carboxylic acids is 2. The number of oxime groups is 1. The monoisotopic (exact) mass is 518 g/mol. The molecule has 0 radical (unpaired) electrons. The molecule has 2 aromatic rings. The topological polar surface area (TPSA) is 77.4 Å². The summed E-state index contributed by atoms with van der Waals surface area (Å²) in [5.41, 5.74) is 3.00. The first-order valence-corrected chi connectivity index (χ1v) is 13.6. The van der Waals surface area contributed by atoms with Gasteiger partial charge in [0.1, 0.15) is 12.4 Å². The van der Waals surface area contributed by atoms with E-state index in [1.54, 1.807) is 13.0 Å². The quantitative estimate of drug-likeness (QED) is 0.129. The van der Waals surface area contributed by atoms with Crippen LogP contribution >= 0.6 is 0 Å². The van der Waals surface area contributed by atoms with Crippen LogP contribution in [0.1, 0.15) is 57.1 Å². The molecule has 1 aliphatic carbocycles. The van der Waals surface area contributed by atoms with Gasteiger partial charge in [0.2, 0.25) is 5.91 Å². The zero-order valence-electron chi connectivity index (χ0n) is 22.4. The Morgan fingerprint density at radius 1 is 0.974 bits per heavy atom. The van der Waals surface area contributed by atoms with Crippen LogP contribution in [0.15, 0.2) is 65.3 Å². The average Bonchev–Trinajstić information content (AvgIpc) is 3.38. The number of likely N-dealkylation sites (tertiary alicyclic amines) is 1. The second kappa shape index (κ2) is 13.8. The molecule has 2 aliphatic rings. The Balaban J connectivity index is 1.30. The summed E-state index contributed by atoms with van der Waals surface area (Å²) >= 11 is 0. The van der Waals surface area contributed by atoms with Gasteiger partial charge in [0.15, 0.2) is 6.61 Å². The Labute approximate surface area is 225 Å². The fourth-order valence-corrected chi connectivity index (χ4v) is 5.22. The SMILES string of the molecule is CCOC(=O)/C(=C/c1ccc(OCCON=C(C)c2ccccc2)cc1)CC(=O)N1C[C@H]2CCCC[C@H]2C1. The number of carbonyl (C=O) groups is 2. The van der Waals surface area contributed by atoms with Gasteiger partial charge in [-0.25, -0.2) is 4.79 Å². The van der Waals surface area contributed by atoms with E-state index in [1.165, 1.54) is 25.7 Å². The van der Waals surface area contributed by atoms with Gasteiger partial charge < -0.3 is 19.2 Å². The van der Waals surface area contributed by atoms with Crippen molar-refractivity contribution in [3.05, 3.63) is 71.3 Å². The van der Waals surface area contributed by atoms with Crippen LogP contribution in [0.2, 0.25) is 0 Å². The maximum atomic E-state index is 13.1. The van der Waals surface area contributed by atoms with E-state index in [2.05, 4.69) is 5.16 Å². The van der Waals surface area contributed by atoms with Crippen molar-refractivity contribution in [1.29, 1.82) is 0 Å². The highest BCUT2D eigenvalue weighted by Gasteiger charge is 2.36. The molecule has 202 valence electrons. The molecule has 7 nitrogen and oxygen atoms in total. The fourth-order valence-electron chi connectivity index (χ4n) is 5.22. The summed E-state index contributed by atoms with van der Waals surface area (Å²) in [6.45, 7) is 6.23. The summed E-state index contributed by atoms with van der Waals surface area (Å²) in [7, 11) is 0. The van der Waals surface area contributed by atoms with Crippen molar-refractivity contribution in [3.63, 3.8) is 0 Å². The molecule has 2 fully saturated rings. The number of esters is 1. The van der Waals surface area contributed by atoms with Gasteiger partial charge in [0.05, 0.1) is 18.7 Å². The molecule has 1 saturated carbocycles. The molecule has 1 heterocycles. The normalized spacial score (nSPS) is 19.6. The Kier molecular flexibility index (Phi) is 9.96. The van der Waals surface area contributed by atoms with E-state index in [1.807, 2.05) is 66.4 Å². The smallest absolute Gasteiger partial charge is 0.334 e. The number of hydrogen-bond donors (Lipinski definition) is 0. The van der Waals surface area contributed by atoms with Gasteiger partial charge >= 0.3 is 5.97 Å². The summed E-state index contributed by atoms with van der Waals surface area (Å²) in [5.74, 6) is 1.47. The number of rotatable bonds is 11. The molecule has 7 heteroatoms. The Bertz CT molecular complexity index is 1110. The van der Waals surface area contributed by atoms with Crippen LogP contribution in [-0.4, -0.2) is 55.4 Å². The third-order valence-corrected chi connectivity index (χ3v) is 7.27. The maximum Gasteiger partial charge on any atom is 0.334 e. The Hall–Kier alpha value is -3.61. The van der Waals surface area contributed by atoms with Crippen molar-refractivity contribution in [2.75, 3.05) is 32.9 Å². The predicted octanol–water partition coefficient (Wildman–Crippen LogP) is 5.49. The van der Waals surface area contributed by atoms with Gasteiger partial charge in [0, 0.05) is 18.7 Å². The fraction of sp³-hybridized carbons (Fsp3) is 0.452. The van der Waals surface area contributed by atoms with Crippen LogP contribution in [0.3, 0.4) is 0 Å². The molecular weight excluding hydrogens is 480 g/mol. The number of amides is 1. The molecule has 2 atom stereocenters. The van der Waals surface area contributed by atoms with Crippen molar-refractivity contribution in [1.82, 2.24) is 4.90 Å². The maximum absolute atomic E-state index is 13.1. The minimum Gasteiger partial charge on any atom is -0.490 e. The minimum absolute atomic E-state index is 0.00353.